The number of nitrogens with zero attached hydrogens (tertiary/aromatic N) is 1. The number of nitrogens with one attached hydrogen (secondary N) is 2. The van der Waals surface area contributed by atoms with Gasteiger partial charge in [0.05, 0.1) is 31.2 Å². The molecular weight excluding hydrogens is 430 g/mol. The third kappa shape index (κ3) is 5.38. The molecule has 3 rings (SSSR count). The molecule has 0 fully saturated rings. The molecule has 0 radical (unpaired) electrons. The van der Waals surface area contributed by atoms with E-state index in [1.807, 2.05) is 18.2 Å². The molecule has 0 bridgehead atoms. The van der Waals surface area contributed by atoms with Gasteiger partial charge in [-0.25, -0.2) is 13.9 Å². The lowest BCUT2D eigenvalue weighted by Crippen LogP contribution is -2.27. The molecule has 32 heavy (non-hydrogen) atoms. The number of amides is 3. The number of rotatable bonds is 6. The van der Waals surface area contributed by atoms with E-state index >= 15 is 0 Å². The molecule has 0 saturated carbocycles. The van der Waals surface area contributed by atoms with Crippen LogP contribution in [0.3, 0.4) is 0 Å². The number of carbonyl (C=O) groups excluding carboxylic acids is 3. The molecule has 8 nitrogen and oxygen atoms in total. The number of esters is 1. The smallest absolute Gasteiger partial charge is 0.337 e. The lowest BCUT2D eigenvalue weighted by Gasteiger charge is -2.19. The maximum atomic E-state index is 12.8. The Kier molecular flexibility index (Phi) is 7.35. The number of carbonyl (C=O) groups is 3. The van der Waals surface area contributed by atoms with Crippen molar-refractivity contribution in [2.75, 3.05) is 29.2 Å². The summed E-state index contributed by atoms with van der Waals surface area (Å²) in [5.74, 6) is -0.518. The zero-order valence-electron chi connectivity index (χ0n) is 17.4. The Balaban J connectivity index is 1.79. The van der Waals surface area contributed by atoms with Gasteiger partial charge in [-0.1, -0.05) is 37.1 Å². The predicted octanol–water partition coefficient (Wildman–Crippen LogP) is 4.62. The second-order valence-corrected chi connectivity index (χ2v) is 6.92. The van der Waals surface area contributed by atoms with Gasteiger partial charge >= 0.3 is 12.0 Å². The average Bonchev–Trinajstić information content (AvgIpc) is 2.83. The first-order chi connectivity index (χ1) is 15.4. The molecule has 0 aromatic heterocycles. The van der Waals surface area contributed by atoms with Crippen LogP contribution in [0.4, 0.5) is 21.9 Å². The maximum Gasteiger partial charge on any atom is 0.337 e. The van der Waals surface area contributed by atoms with Gasteiger partial charge in [0.15, 0.2) is 0 Å². The molecule has 3 aromatic rings. The number of ether oxygens (including phenoxy) is 2. The SMILES string of the molecule is COC(=O)c1cccc(N(S)C(=O)Nc2cc(C(=O)Nc3ccccc3)ccc2OC)c1. The third-order valence-corrected chi connectivity index (χ3v) is 4.85. The highest BCUT2D eigenvalue weighted by Gasteiger charge is 2.18. The van der Waals surface area contributed by atoms with E-state index in [0.717, 1.165) is 4.31 Å². The summed E-state index contributed by atoms with van der Waals surface area (Å²) >= 11 is 4.24. The number of para-hydroxylation sites is 1. The van der Waals surface area contributed by atoms with Gasteiger partial charge in [0, 0.05) is 11.3 Å². The molecule has 0 unspecified atom stereocenters. The molecule has 9 heteroatoms. The van der Waals surface area contributed by atoms with Gasteiger partial charge < -0.3 is 20.1 Å². The van der Waals surface area contributed by atoms with Crippen molar-refractivity contribution < 1.29 is 23.9 Å². The van der Waals surface area contributed by atoms with Gasteiger partial charge in [-0.05, 0) is 48.5 Å². The van der Waals surface area contributed by atoms with Crippen molar-refractivity contribution >= 4 is 47.8 Å². The Morgan fingerprint density at radius 2 is 1.59 bits per heavy atom. The van der Waals surface area contributed by atoms with Gasteiger partial charge in [-0.3, -0.25) is 4.79 Å². The minimum absolute atomic E-state index is 0.272. The third-order valence-electron chi connectivity index (χ3n) is 4.44. The summed E-state index contributed by atoms with van der Waals surface area (Å²) in [4.78, 5) is 37.1. The molecule has 3 amide bonds. The van der Waals surface area contributed by atoms with Gasteiger partial charge in [-0.2, -0.15) is 0 Å². The molecule has 0 atom stereocenters. The van der Waals surface area contributed by atoms with Crippen LogP contribution < -0.4 is 19.7 Å². The number of methoxy groups -OCH3 is 2. The van der Waals surface area contributed by atoms with Crippen molar-refractivity contribution in [3.8, 4) is 5.75 Å². The van der Waals surface area contributed by atoms with Crippen LogP contribution in [0, 0.1) is 0 Å². The normalized spacial score (nSPS) is 10.1. The van der Waals surface area contributed by atoms with Crippen LogP contribution in [-0.2, 0) is 4.74 Å². The fraction of sp³-hybridized carbons (Fsp3) is 0.0870. The topological polar surface area (TPSA) is 97.0 Å². The van der Waals surface area contributed by atoms with Gasteiger partial charge in [-0.15, -0.1) is 0 Å². The number of hydrogen-bond acceptors (Lipinski definition) is 6. The van der Waals surface area contributed by atoms with E-state index in [1.165, 1.54) is 26.4 Å². The van der Waals surface area contributed by atoms with Crippen molar-refractivity contribution in [2.45, 2.75) is 0 Å². The Hall–Kier alpha value is -3.98. The molecular formula is C23H21N3O5S. The lowest BCUT2D eigenvalue weighted by atomic mass is 10.1. The van der Waals surface area contributed by atoms with E-state index in [2.05, 4.69) is 23.4 Å². The van der Waals surface area contributed by atoms with Crippen molar-refractivity contribution in [1.82, 2.24) is 0 Å². The summed E-state index contributed by atoms with van der Waals surface area (Å²) in [5.41, 5.74) is 1.87. The van der Waals surface area contributed by atoms with E-state index in [-0.39, 0.29) is 17.2 Å². The van der Waals surface area contributed by atoms with Crippen molar-refractivity contribution in [3.63, 3.8) is 0 Å². The van der Waals surface area contributed by atoms with Crippen LogP contribution in [-0.4, -0.2) is 32.1 Å². The summed E-state index contributed by atoms with van der Waals surface area (Å²) in [6, 6.07) is 19.3. The molecule has 0 saturated heterocycles. The zero-order valence-corrected chi connectivity index (χ0v) is 18.3. The Labute approximate surface area is 190 Å². The van der Waals surface area contributed by atoms with Crippen molar-refractivity contribution in [1.29, 1.82) is 0 Å². The molecule has 0 spiro atoms. The second kappa shape index (κ2) is 10.4. The Bertz CT molecular complexity index is 1140. The first kappa shape index (κ1) is 22.7. The van der Waals surface area contributed by atoms with Gasteiger partial charge in [0.1, 0.15) is 5.75 Å². The number of benzene rings is 3. The van der Waals surface area contributed by atoms with Crippen LogP contribution in [0.5, 0.6) is 5.75 Å². The maximum absolute atomic E-state index is 12.8. The molecule has 164 valence electrons. The second-order valence-electron chi connectivity index (χ2n) is 6.52. The number of anilines is 3. The number of thiol groups is 1. The average molecular weight is 452 g/mol. The van der Waals surface area contributed by atoms with Crippen LogP contribution in [0.2, 0.25) is 0 Å². The first-order valence-corrected chi connectivity index (χ1v) is 9.85. The Morgan fingerprint density at radius 3 is 2.28 bits per heavy atom. The highest BCUT2D eigenvalue weighted by atomic mass is 32.1. The first-order valence-electron chi connectivity index (χ1n) is 9.45. The molecule has 0 heterocycles. The summed E-state index contributed by atoms with van der Waals surface area (Å²) < 4.78 is 11.0. The van der Waals surface area contributed by atoms with Gasteiger partial charge in [0.25, 0.3) is 5.91 Å². The predicted molar refractivity (Wildman–Crippen MR) is 126 cm³/mol. The molecule has 0 aliphatic carbocycles. The fourth-order valence-electron chi connectivity index (χ4n) is 2.84. The monoisotopic (exact) mass is 451 g/mol. The zero-order chi connectivity index (χ0) is 23.1. The minimum Gasteiger partial charge on any atom is -0.495 e. The summed E-state index contributed by atoms with van der Waals surface area (Å²) in [6.07, 6.45) is 0. The standard InChI is InChI=1S/C23H21N3O5S/c1-30-20-12-11-15(21(27)24-17-8-4-3-5-9-17)14-19(20)25-23(29)26(32)18-10-6-7-16(13-18)22(28)31-2/h3-14,32H,1-2H3,(H,24,27)(H,25,29). The summed E-state index contributed by atoms with van der Waals surface area (Å²) in [5, 5.41) is 5.46. The fourth-order valence-corrected chi connectivity index (χ4v) is 3.01. The summed E-state index contributed by atoms with van der Waals surface area (Å²) in [7, 11) is 2.72. The van der Waals surface area contributed by atoms with Crippen LogP contribution in [0.15, 0.2) is 72.8 Å². The van der Waals surface area contributed by atoms with Crippen LogP contribution >= 0.6 is 12.8 Å². The molecule has 0 aliphatic rings. The quantitative estimate of drug-likeness (QED) is 0.375. The van der Waals surface area contributed by atoms with E-state index in [9.17, 15) is 14.4 Å². The largest absolute Gasteiger partial charge is 0.495 e. The number of urea groups is 1. The molecule has 3 aromatic carbocycles. The lowest BCUT2D eigenvalue weighted by molar-refractivity contribution is 0.0600. The van der Waals surface area contributed by atoms with Crippen molar-refractivity contribution in [2.24, 2.45) is 0 Å². The number of hydrogen-bond donors (Lipinski definition) is 3. The van der Waals surface area contributed by atoms with Crippen molar-refractivity contribution in [3.05, 3.63) is 83.9 Å². The van der Waals surface area contributed by atoms with E-state index in [1.54, 1.807) is 42.5 Å². The minimum atomic E-state index is -0.616. The molecule has 0 aliphatic heterocycles. The highest BCUT2D eigenvalue weighted by Crippen LogP contribution is 2.28. The van der Waals surface area contributed by atoms with E-state index < -0.39 is 12.0 Å². The summed E-state index contributed by atoms with van der Waals surface area (Å²) in [6.45, 7) is 0. The van der Waals surface area contributed by atoms with Gasteiger partial charge in [0.2, 0.25) is 0 Å². The van der Waals surface area contributed by atoms with Crippen LogP contribution in [0.1, 0.15) is 20.7 Å². The Morgan fingerprint density at radius 1 is 0.844 bits per heavy atom. The molecule has 2 N–H and O–H groups in total. The van der Waals surface area contributed by atoms with Crippen LogP contribution in [0.25, 0.3) is 0 Å². The highest BCUT2D eigenvalue weighted by molar-refractivity contribution is 7.82. The van der Waals surface area contributed by atoms with E-state index in [4.69, 9.17) is 9.47 Å². The van der Waals surface area contributed by atoms with E-state index in [0.29, 0.717) is 22.7 Å².